The molecule has 2 N–H and O–H groups in total. The van der Waals surface area contributed by atoms with Crippen LogP contribution in [0.2, 0.25) is 5.02 Å². The molecular weight excluding hydrogens is 648 g/mol. The van der Waals surface area contributed by atoms with Gasteiger partial charge in [-0.05, 0) is 84.6 Å². The number of halogens is 1. The zero-order valence-electron chi connectivity index (χ0n) is 24.6. The summed E-state index contributed by atoms with van der Waals surface area (Å²) in [4.78, 5) is 28.1. The van der Waals surface area contributed by atoms with Crippen molar-refractivity contribution in [1.82, 2.24) is 19.6 Å². The van der Waals surface area contributed by atoms with Crippen molar-refractivity contribution >= 4 is 55.6 Å². The van der Waals surface area contributed by atoms with Crippen molar-refractivity contribution in [1.29, 1.82) is 0 Å². The monoisotopic (exact) mass is 676 g/mol. The average Bonchev–Trinajstić information content (AvgIpc) is 3.53. The number of hydrogen-bond donors (Lipinski definition) is 2. The number of ether oxygens (including phenoxy) is 2. The Balaban J connectivity index is 1.02. The minimum atomic E-state index is -3.61. The Morgan fingerprint density at radius 1 is 0.913 bits per heavy atom. The summed E-state index contributed by atoms with van der Waals surface area (Å²) in [5.41, 5.74) is 3.60. The number of amides is 2. The van der Waals surface area contributed by atoms with Crippen LogP contribution in [0.25, 0.3) is 11.0 Å². The third-order valence-electron chi connectivity index (χ3n) is 7.41. The van der Waals surface area contributed by atoms with Crippen LogP contribution < -0.4 is 19.5 Å². The highest BCUT2D eigenvalue weighted by molar-refractivity contribution is 8.15. The third kappa shape index (κ3) is 7.53. The maximum absolute atomic E-state index is 12.5. The van der Waals surface area contributed by atoms with Crippen molar-refractivity contribution in [3.05, 3.63) is 113 Å². The highest BCUT2D eigenvalue weighted by atomic mass is 35.5. The molecule has 1 aromatic heterocycles. The molecule has 4 aromatic carbocycles. The minimum absolute atomic E-state index is 0.171. The SMILES string of the molecule is Cn1c(COc2ccc(CC3SC(=O)NC3=O)cc2)nc2ccc(Oc3ccc(CCNS(=O)(=O)c4ccc(Cl)cc4)cc3)cc21. The van der Waals surface area contributed by atoms with E-state index in [0.29, 0.717) is 35.1 Å². The van der Waals surface area contributed by atoms with E-state index in [0.717, 1.165) is 39.7 Å². The first-order chi connectivity index (χ1) is 22.1. The highest BCUT2D eigenvalue weighted by Crippen LogP contribution is 2.28. The van der Waals surface area contributed by atoms with Crippen molar-refractivity contribution in [3.63, 3.8) is 0 Å². The normalized spacial score (nSPS) is 14.9. The lowest BCUT2D eigenvalue weighted by Gasteiger charge is -2.09. The van der Waals surface area contributed by atoms with Gasteiger partial charge in [-0.3, -0.25) is 14.9 Å². The lowest BCUT2D eigenvalue weighted by atomic mass is 10.1. The molecule has 0 spiro atoms. The number of benzene rings is 4. The Morgan fingerprint density at radius 3 is 2.28 bits per heavy atom. The number of nitrogens with one attached hydrogen (secondary N) is 2. The first-order valence-corrected chi connectivity index (χ1v) is 17.1. The van der Waals surface area contributed by atoms with Gasteiger partial charge in [0.1, 0.15) is 29.7 Å². The maximum atomic E-state index is 12.5. The predicted molar refractivity (Wildman–Crippen MR) is 177 cm³/mol. The molecule has 236 valence electrons. The van der Waals surface area contributed by atoms with Gasteiger partial charge >= 0.3 is 0 Å². The summed E-state index contributed by atoms with van der Waals surface area (Å²) in [5, 5.41) is 2.07. The first kappa shape index (κ1) is 31.6. The van der Waals surface area contributed by atoms with Crippen LogP contribution in [0.1, 0.15) is 17.0 Å². The molecule has 6 rings (SSSR count). The van der Waals surface area contributed by atoms with Gasteiger partial charge in [0.25, 0.3) is 5.24 Å². The summed E-state index contributed by atoms with van der Waals surface area (Å²) >= 11 is 6.87. The molecule has 2 amide bonds. The maximum Gasteiger partial charge on any atom is 0.286 e. The molecule has 1 atom stereocenters. The molecule has 1 saturated heterocycles. The van der Waals surface area contributed by atoms with Gasteiger partial charge in [0.15, 0.2) is 0 Å². The molecule has 1 unspecified atom stereocenters. The number of sulfonamides is 1. The van der Waals surface area contributed by atoms with Crippen molar-refractivity contribution in [2.45, 2.75) is 29.6 Å². The molecule has 5 aromatic rings. The first-order valence-electron chi connectivity index (χ1n) is 14.3. The van der Waals surface area contributed by atoms with Gasteiger partial charge in [-0.2, -0.15) is 0 Å². The summed E-state index contributed by atoms with van der Waals surface area (Å²) in [6.45, 7) is 0.510. The number of fused-ring (bicyclic) bond motifs is 1. The average molecular weight is 677 g/mol. The molecule has 0 aliphatic carbocycles. The standard InChI is InChI=1S/C33H29ClN4O6S2/c1-38-29-19-26(44-25-10-2-21(3-11-25)16-17-35-46(41,42)27-13-6-23(34)7-14-27)12-15-28(29)36-31(38)20-43-24-8-4-22(5-9-24)18-30-32(39)37-33(40)45-30/h2-15,19,30,35H,16-18,20H2,1H3,(H,37,39,40). The van der Waals surface area contributed by atoms with E-state index >= 15 is 0 Å². The van der Waals surface area contributed by atoms with Crippen molar-refractivity contribution in [3.8, 4) is 17.2 Å². The Kier molecular flexibility index (Phi) is 9.32. The number of hydrogen-bond acceptors (Lipinski definition) is 8. The van der Waals surface area contributed by atoms with E-state index in [1.807, 2.05) is 78.3 Å². The van der Waals surface area contributed by atoms with Crippen LogP contribution in [0.5, 0.6) is 17.2 Å². The zero-order valence-corrected chi connectivity index (χ0v) is 27.0. The number of imidazole rings is 1. The molecule has 46 heavy (non-hydrogen) atoms. The topological polar surface area (TPSA) is 129 Å². The van der Waals surface area contributed by atoms with Gasteiger partial charge in [-0.25, -0.2) is 18.1 Å². The van der Waals surface area contributed by atoms with E-state index in [2.05, 4.69) is 10.0 Å². The van der Waals surface area contributed by atoms with E-state index in [-0.39, 0.29) is 29.2 Å². The Labute approximate surface area is 275 Å². The number of rotatable bonds is 12. The second-order valence-electron chi connectivity index (χ2n) is 10.6. The number of carbonyl (C=O) groups is 2. The van der Waals surface area contributed by atoms with E-state index in [9.17, 15) is 18.0 Å². The molecule has 1 aliphatic heterocycles. The lowest BCUT2D eigenvalue weighted by molar-refractivity contribution is -0.118. The van der Waals surface area contributed by atoms with Crippen molar-refractivity contribution in [2.75, 3.05) is 6.54 Å². The van der Waals surface area contributed by atoms with Gasteiger partial charge in [0.2, 0.25) is 15.9 Å². The van der Waals surface area contributed by atoms with E-state index < -0.39 is 15.3 Å². The second-order valence-corrected chi connectivity index (χ2v) is 14.0. The quantitative estimate of drug-likeness (QED) is 0.164. The van der Waals surface area contributed by atoms with Crippen LogP contribution >= 0.6 is 23.4 Å². The number of thioether (sulfide) groups is 1. The molecule has 0 bridgehead atoms. The molecule has 0 radical (unpaired) electrons. The summed E-state index contributed by atoms with van der Waals surface area (Å²) < 4.78 is 41.6. The van der Waals surface area contributed by atoms with Crippen molar-refractivity contribution in [2.24, 2.45) is 7.05 Å². The largest absolute Gasteiger partial charge is 0.486 e. The number of carbonyl (C=O) groups excluding carboxylic acids is 2. The van der Waals surface area contributed by atoms with Crippen LogP contribution in [0.4, 0.5) is 4.79 Å². The molecule has 13 heteroatoms. The molecule has 2 heterocycles. The summed E-state index contributed by atoms with van der Waals surface area (Å²) in [6, 6.07) is 26.7. The number of nitrogens with zero attached hydrogens (tertiary/aromatic N) is 2. The Bertz CT molecular complexity index is 2000. The van der Waals surface area contributed by atoms with Crippen LogP contribution in [0.3, 0.4) is 0 Å². The van der Waals surface area contributed by atoms with Crippen LogP contribution in [0.15, 0.2) is 95.9 Å². The highest BCUT2D eigenvalue weighted by Gasteiger charge is 2.31. The van der Waals surface area contributed by atoms with Crippen LogP contribution in [-0.2, 0) is 41.3 Å². The molecule has 1 fully saturated rings. The molecule has 0 saturated carbocycles. The van der Waals surface area contributed by atoms with Gasteiger partial charge in [-0.1, -0.05) is 47.6 Å². The van der Waals surface area contributed by atoms with Gasteiger partial charge < -0.3 is 14.0 Å². The fourth-order valence-corrected chi connectivity index (χ4v) is 6.93. The fraction of sp³-hybridized carbons (Fsp3) is 0.182. The van der Waals surface area contributed by atoms with E-state index in [1.54, 1.807) is 12.1 Å². The molecule has 10 nitrogen and oxygen atoms in total. The molecular formula is C33H29ClN4O6S2. The van der Waals surface area contributed by atoms with Crippen molar-refractivity contribution < 1.29 is 27.5 Å². The van der Waals surface area contributed by atoms with E-state index in [4.69, 9.17) is 26.1 Å². The number of imide groups is 1. The smallest absolute Gasteiger partial charge is 0.286 e. The minimum Gasteiger partial charge on any atom is -0.486 e. The molecule has 1 aliphatic rings. The van der Waals surface area contributed by atoms with Crippen LogP contribution in [-0.4, -0.2) is 40.9 Å². The third-order valence-corrected chi connectivity index (χ3v) is 10.1. The van der Waals surface area contributed by atoms with Gasteiger partial charge in [0, 0.05) is 24.7 Å². The summed E-state index contributed by atoms with van der Waals surface area (Å²) in [7, 11) is -1.69. The van der Waals surface area contributed by atoms with Gasteiger partial charge in [0.05, 0.1) is 21.2 Å². The Morgan fingerprint density at radius 2 is 1.59 bits per heavy atom. The summed E-state index contributed by atoms with van der Waals surface area (Å²) in [6.07, 6.45) is 0.987. The number of aromatic nitrogens is 2. The Hall–Kier alpha value is -4.36. The summed E-state index contributed by atoms with van der Waals surface area (Å²) in [5.74, 6) is 2.46. The fourth-order valence-electron chi connectivity index (χ4n) is 4.91. The second kappa shape index (κ2) is 13.6. The number of aryl methyl sites for hydroxylation is 1. The predicted octanol–water partition coefficient (Wildman–Crippen LogP) is 6.01. The van der Waals surface area contributed by atoms with E-state index in [1.165, 1.54) is 12.1 Å². The van der Waals surface area contributed by atoms with Crippen LogP contribution in [0, 0.1) is 0 Å². The van der Waals surface area contributed by atoms with Gasteiger partial charge in [-0.15, -0.1) is 0 Å². The lowest BCUT2D eigenvalue weighted by Crippen LogP contribution is -2.25. The zero-order chi connectivity index (χ0) is 32.3.